The molecule has 0 fully saturated rings. The van der Waals surface area contributed by atoms with E-state index in [1.54, 1.807) is 16.8 Å². The standard InChI is InChI=1S/C2HN2S.CH3.Sn/c1-3-4-2-5-1;;/h1H;1H3;. The van der Waals surface area contributed by atoms with E-state index < -0.39 is 0 Å². The van der Waals surface area contributed by atoms with E-state index in [9.17, 15) is 0 Å². The number of nitrogens with zero attached hydrogens (tertiary/aromatic N) is 2. The predicted molar refractivity (Wildman–Crippen MR) is 31.2 cm³/mol. The van der Waals surface area contributed by atoms with Gasteiger partial charge < -0.3 is 0 Å². The maximum absolute atomic E-state index is 3.88. The second kappa shape index (κ2) is 2.61. The van der Waals surface area contributed by atoms with Crippen molar-refractivity contribution in [1.82, 2.24) is 10.2 Å². The molecule has 1 aromatic rings. The Hall–Kier alpha value is 0.359. The second-order valence-electron chi connectivity index (χ2n) is 0.994. The fourth-order valence-electron chi connectivity index (χ4n) is 0.282. The summed E-state index contributed by atoms with van der Waals surface area (Å²) in [6.07, 6.45) is 0. The molecule has 2 nitrogen and oxygen atoms in total. The van der Waals surface area contributed by atoms with Gasteiger partial charge in [-0.15, -0.1) is 0 Å². The first-order chi connectivity index (χ1) is 3.43. The summed E-state index contributed by atoms with van der Waals surface area (Å²) in [5.74, 6) is 0. The molecular weight excluding hydrogens is 215 g/mol. The summed E-state index contributed by atoms with van der Waals surface area (Å²) < 4.78 is 1.28. The molecule has 0 amide bonds. The number of aromatic nitrogens is 2. The van der Waals surface area contributed by atoms with E-state index in [4.69, 9.17) is 0 Å². The summed E-state index contributed by atoms with van der Waals surface area (Å²) >= 11 is 1.42. The summed E-state index contributed by atoms with van der Waals surface area (Å²) in [6.45, 7) is 0. The normalized spacial score (nSPS) is 9.29. The Morgan fingerprint density at radius 1 is 1.86 bits per heavy atom. The van der Waals surface area contributed by atoms with Crippen molar-refractivity contribution in [3.63, 3.8) is 0 Å². The summed E-state index contributed by atoms with van der Waals surface area (Å²) in [6, 6.07) is 0. The average Bonchev–Trinajstić information content (AvgIpc) is 2.14. The third kappa shape index (κ3) is 1.38. The quantitative estimate of drug-likeness (QED) is 0.617. The molecule has 0 spiro atoms. The van der Waals surface area contributed by atoms with Crippen LogP contribution in [0.15, 0.2) is 5.51 Å². The van der Waals surface area contributed by atoms with Crippen molar-refractivity contribution in [2.75, 3.05) is 0 Å². The summed E-state index contributed by atoms with van der Waals surface area (Å²) in [5, 5.41) is 7.58. The van der Waals surface area contributed by atoms with Crippen LogP contribution in [0.5, 0.6) is 0 Å². The first-order valence-electron chi connectivity index (χ1n) is 1.87. The van der Waals surface area contributed by atoms with Gasteiger partial charge in [0.1, 0.15) is 0 Å². The van der Waals surface area contributed by atoms with Crippen molar-refractivity contribution in [1.29, 1.82) is 0 Å². The molecule has 0 atom stereocenters. The van der Waals surface area contributed by atoms with Gasteiger partial charge in [0.25, 0.3) is 0 Å². The van der Waals surface area contributed by atoms with Crippen LogP contribution in [0.2, 0.25) is 4.94 Å². The minimum atomic E-state index is -0.251. The molecule has 7 heavy (non-hydrogen) atoms. The number of hydrogen-bond acceptors (Lipinski definition) is 3. The molecule has 0 aliphatic heterocycles. The molecule has 0 bridgehead atoms. The monoisotopic (exact) mass is 220 g/mol. The SMILES string of the molecule is [CH3][Sn][c]1nncs1. The molecule has 2 radical (unpaired) electrons. The zero-order chi connectivity index (χ0) is 5.11. The first kappa shape index (κ1) is 5.49. The van der Waals surface area contributed by atoms with Gasteiger partial charge in [-0.2, -0.15) is 0 Å². The van der Waals surface area contributed by atoms with E-state index in [2.05, 4.69) is 15.1 Å². The van der Waals surface area contributed by atoms with E-state index in [0.717, 1.165) is 0 Å². The molecule has 0 aliphatic carbocycles. The molecule has 1 aromatic heterocycles. The van der Waals surface area contributed by atoms with Crippen LogP contribution < -0.4 is 3.02 Å². The van der Waals surface area contributed by atoms with Gasteiger partial charge >= 0.3 is 56.2 Å². The third-order valence-corrected chi connectivity index (χ3v) is 4.96. The van der Waals surface area contributed by atoms with Gasteiger partial charge in [0.15, 0.2) is 0 Å². The van der Waals surface area contributed by atoms with Gasteiger partial charge in [0.05, 0.1) is 0 Å². The third-order valence-electron chi connectivity index (χ3n) is 0.574. The van der Waals surface area contributed by atoms with E-state index >= 15 is 0 Å². The molecule has 0 N–H and O–H groups in total. The number of hydrogen-bond donors (Lipinski definition) is 0. The molecule has 1 heterocycles. The Morgan fingerprint density at radius 3 is 3.00 bits per heavy atom. The second-order valence-corrected chi connectivity index (χ2v) is 5.64. The molecule has 36 valence electrons. The van der Waals surface area contributed by atoms with Crippen LogP contribution in [0.4, 0.5) is 0 Å². The Morgan fingerprint density at radius 2 is 2.71 bits per heavy atom. The zero-order valence-corrected chi connectivity index (χ0v) is 7.55. The topological polar surface area (TPSA) is 25.8 Å². The summed E-state index contributed by atoms with van der Waals surface area (Å²) in [7, 11) is 0. The van der Waals surface area contributed by atoms with Crippen molar-refractivity contribution in [2.45, 2.75) is 4.94 Å². The van der Waals surface area contributed by atoms with E-state index in [1.807, 2.05) is 0 Å². The van der Waals surface area contributed by atoms with Crippen LogP contribution >= 0.6 is 11.3 Å². The van der Waals surface area contributed by atoms with Crippen LogP contribution in [0, 0.1) is 0 Å². The maximum atomic E-state index is 3.88. The average molecular weight is 219 g/mol. The minimum absolute atomic E-state index is 0.251. The van der Waals surface area contributed by atoms with Crippen molar-refractivity contribution < 1.29 is 0 Å². The van der Waals surface area contributed by atoms with Gasteiger partial charge in [0, 0.05) is 0 Å². The molecule has 0 unspecified atom stereocenters. The van der Waals surface area contributed by atoms with E-state index in [0.29, 0.717) is 0 Å². The molecular formula is C3H4N2SSn. The van der Waals surface area contributed by atoms with E-state index in [1.165, 1.54) is 3.02 Å². The Kier molecular flexibility index (Phi) is 2.05. The van der Waals surface area contributed by atoms with Crippen LogP contribution in [0.3, 0.4) is 0 Å². The van der Waals surface area contributed by atoms with Crippen LogP contribution in [-0.2, 0) is 0 Å². The summed E-state index contributed by atoms with van der Waals surface area (Å²) in [5.41, 5.74) is 1.79. The molecule has 4 heteroatoms. The van der Waals surface area contributed by atoms with Crippen molar-refractivity contribution in [2.24, 2.45) is 0 Å². The molecule has 0 saturated carbocycles. The van der Waals surface area contributed by atoms with Crippen molar-refractivity contribution in [3.8, 4) is 0 Å². The van der Waals surface area contributed by atoms with Crippen molar-refractivity contribution in [3.05, 3.63) is 5.51 Å². The van der Waals surface area contributed by atoms with Crippen LogP contribution in [-0.4, -0.2) is 31.3 Å². The predicted octanol–water partition coefficient (Wildman–Crippen LogP) is -0.0843. The zero-order valence-electron chi connectivity index (χ0n) is 3.88. The van der Waals surface area contributed by atoms with Crippen LogP contribution in [0.1, 0.15) is 0 Å². The Bertz CT molecular complexity index is 127. The van der Waals surface area contributed by atoms with Gasteiger partial charge in [-0.3, -0.25) is 0 Å². The van der Waals surface area contributed by atoms with Gasteiger partial charge in [-0.25, -0.2) is 0 Å². The van der Waals surface area contributed by atoms with E-state index in [-0.39, 0.29) is 21.1 Å². The first-order valence-corrected chi connectivity index (χ1v) is 7.03. The molecule has 0 aromatic carbocycles. The fourth-order valence-corrected chi connectivity index (χ4v) is 2.60. The summed E-state index contributed by atoms with van der Waals surface area (Å²) in [4.78, 5) is 2.24. The Labute approximate surface area is 56.2 Å². The van der Waals surface area contributed by atoms with Gasteiger partial charge in [0.2, 0.25) is 0 Å². The Balaban J connectivity index is 2.76. The fraction of sp³-hybridized carbons (Fsp3) is 0.333. The van der Waals surface area contributed by atoms with Crippen LogP contribution in [0.25, 0.3) is 0 Å². The van der Waals surface area contributed by atoms with Gasteiger partial charge in [-0.05, 0) is 0 Å². The van der Waals surface area contributed by atoms with Crippen molar-refractivity contribution >= 4 is 35.5 Å². The molecule has 0 aliphatic rings. The molecule has 1 rings (SSSR count). The molecule has 0 saturated heterocycles. The van der Waals surface area contributed by atoms with Gasteiger partial charge in [-0.1, -0.05) is 0 Å². The number of rotatable bonds is 1.